The molecular formula is C14H7F3N4O4S. The average molecular weight is 384 g/mol. The van der Waals surface area contributed by atoms with Crippen LogP contribution in [0.15, 0.2) is 46.5 Å². The summed E-state index contributed by atoms with van der Waals surface area (Å²) in [7, 11) is 0. The van der Waals surface area contributed by atoms with Gasteiger partial charge in [0.05, 0.1) is 26.4 Å². The summed E-state index contributed by atoms with van der Waals surface area (Å²) in [4.78, 5) is 26.6. The Bertz CT molecular complexity index is 966. The van der Waals surface area contributed by atoms with Gasteiger partial charge < -0.3 is 4.98 Å². The minimum absolute atomic E-state index is 0.0807. The molecule has 0 fully saturated rings. The van der Waals surface area contributed by atoms with Gasteiger partial charge in [-0.3, -0.25) is 20.2 Å². The molecule has 2 aromatic carbocycles. The lowest BCUT2D eigenvalue weighted by molar-refractivity contribution is -0.400. The SMILES string of the molecule is O=[N+]([O-])c1cc(C(F)(F)F)cc([N+](=O)[O-])c1Sc1nc2ccccc2[nH]1. The summed E-state index contributed by atoms with van der Waals surface area (Å²) in [6, 6.07) is 7.27. The first kappa shape index (κ1) is 17.7. The number of nitrogens with one attached hydrogen (secondary N) is 1. The summed E-state index contributed by atoms with van der Waals surface area (Å²) < 4.78 is 38.7. The minimum atomic E-state index is -4.96. The molecular weight excluding hydrogens is 377 g/mol. The van der Waals surface area contributed by atoms with Gasteiger partial charge in [-0.05, 0) is 23.9 Å². The van der Waals surface area contributed by atoms with Crippen molar-refractivity contribution in [2.24, 2.45) is 0 Å². The Morgan fingerprint density at radius 2 is 1.62 bits per heavy atom. The highest BCUT2D eigenvalue weighted by molar-refractivity contribution is 7.99. The van der Waals surface area contributed by atoms with Crippen molar-refractivity contribution >= 4 is 34.2 Å². The molecule has 0 saturated carbocycles. The number of rotatable bonds is 4. The van der Waals surface area contributed by atoms with E-state index in [4.69, 9.17) is 0 Å². The Morgan fingerprint density at radius 3 is 2.12 bits per heavy atom. The molecule has 1 N–H and O–H groups in total. The number of fused-ring (bicyclic) bond motifs is 1. The standard InChI is InChI=1S/C14H7F3N4O4S/c15-14(16,17)7-5-10(20(22)23)12(11(6-7)21(24)25)26-13-18-8-3-1-2-4-9(8)19-13/h1-6H,(H,18,19). The van der Waals surface area contributed by atoms with Gasteiger partial charge in [0.1, 0.15) is 0 Å². The minimum Gasteiger partial charge on any atom is -0.333 e. The molecule has 134 valence electrons. The molecule has 12 heteroatoms. The van der Waals surface area contributed by atoms with E-state index in [-0.39, 0.29) is 17.3 Å². The van der Waals surface area contributed by atoms with Gasteiger partial charge in [-0.1, -0.05) is 12.1 Å². The smallest absolute Gasteiger partial charge is 0.333 e. The average Bonchev–Trinajstić information content (AvgIpc) is 2.95. The quantitative estimate of drug-likeness (QED) is 0.521. The van der Waals surface area contributed by atoms with Crippen LogP contribution >= 0.6 is 11.8 Å². The molecule has 0 amide bonds. The van der Waals surface area contributed by atoms with E-state index in [0.717, 1.165) is 0 Å². The van der Waals surface area contributed by atoms with E-state index in [1.54, 1.807) is 24.3 Å². The highest BCUT2D eigenvalue weighted by atomic mass is 32.2. The van der Waals surface area contributed by atoms with Crippen LogP contribution < -0.4 is 0 Å². The second kappa shape index (κ2) is 6.29. The molecule has 1 heterocycles. The Labute approximate surface area is 146 Å². The van der Waals surface area contributed by atoms with Crippen molar-refractivity contribution in [3.05, 3.63) is 62.2 Å². The van der Waals surface area contributed by atoms with Gasteiger partial charge in [0.2, 0.25) is 0 Å². The third-order valence-corrected chi connectivity index (χ3v) is 4.35. The van der Waals surface area contributed by atoms with Crippen molar-refractivity contribution in [3.8, 4) is 0 Å². The third kappa shape index (κ3) is 3.31. The van der Waals surface area contributed by atoms with Crippen LogP contribution in [0, 0.1) is 20.2 Å². The van der Waals surface area contributed by atoms with Crippen LogP contribution in [0.25, 0.3) is 11.0 Å². The number of alkyl halides is 3. The van der Waals surface area contributed by atoms with Gasteiger partial charge in [-0.25, -0.2) is 4.98 Å². The lowest BCUT2D eigenvalue weighted by atomic mass is 10.1. The number of hydrogen-bond acceptors (Lipinski definition) is 6. The molecule has 0 aliphatic rings. The number of benzene rings is 2. The van der Waals surface area contributed by atoms with Crippen molar-refractivity contribution in [1.82, 2.24) is 9.97 Å². The number of imidazole rings is 1. The van der Waals surface area contributed by atoms with Gasteiger partial charge in [0.25, 0.3) is 11.4 Å². The van der Waals surface area contributed by atoms with Crippen LogP contribution in [0.5, 0.6) is 0 Å². The number of nitrogens with zero attached hydrogens (tertiary/aromatic N) is 3. The summed E-state index contributed by atoms with van der Waals surface area (Å²) in [6.07, 6.45) is -4.96. The van der Waals surface area contributed by atoms with Gasteiger partial charge in [0, 0.05) is 12.1 Å². The number of para-hydroxylation sites is 2. The van der Waals surface area contributed by atoms with E-state index in [1.807, 2.05) is 0 Å². The summed E-state index contributed by atoms with van der Waals surface area (Å²) >= 11 is 0.525. The monoisotopic (exact) mass is 384 g/mol. The summed E-state index contributed by atoms with van der Waals surface area (Å²) in [6.45, 7) is 0. The fraction of sp³-hybridized carbons (Fsp3) is 0.0714. The Hall–Kier alpha value is -3.15. The zero-order chi connectivity index (χ0) is 19.1. The first-order chi connectivity index (χ1) is 12.2. The number of nitro benzene ring substituents is 2. The second-order valence-electron chi connectivity index (χ2n) is 5.02. The normalized spacial score (nSPS) is 11.7. The maximum atomic E-state index is 12.9. The molecule has 0 atom stereocenters. The molecule has 0 aliphatic heterocycles. The van der Waals surface area contributed by atoms with Crippen molar-refractivity contribution in [1.29, 1.82) is 0 Å². The second-order valence-corrected chi connectivity index (χ2v) is 6.02. The van der Waals surface area contributed by atoms with E-state index < -0.39 is 37.9 Å². The molecule has 0 saturated heterocycles. The molecule has 0 spiro atoms. The van der Waals surface area contributed by atoms with Gasteiger partial charge in [0.15, 0.2) is 10.1 Å². The third-order valence-electron chi connectivity index (χ3n) is 3.34. The highest BCUT2D eigenvalue weighted by Gasteiger charge is 2.38. The van der Waals surface area contributed by atoms with Crippen LogP contribution in [0.4, 0.5) is 24.5 Å². The first-order valence-electron chi connectivity index (χ1n) is 6.83. The highest BCUT2D eigenvalue weighted by Crippen LogP contribution is 2.44. The van der Waals surface area contributed by atoms with Gasteiger partial charge in [-0.2, -0.15) is 13.2 Å². The lowest BCUT2D eigenvalue weighted by Crippen LogP contribution is -2.08. The molecule has 0 radical (unpaired) electrons. The number of aromatic amines is 1. The van der Waals surface area contributed by atoms with Crippen molar-refractivity contribution in [3.63, 3.8) is 0 Å². The molecule has 3 rings (SSSR count). The summed E-state index contributed by atoms with van der Waals surface area (Å²) in [5, 5.41) is 22.5. The number of halogens is 3. The number of hydrogen-bond donors (Lipinski definition) is 1. The van der Waals surface area contributed by atoms with E-state index in [2.05, 4.69) is 9.97 Å². The topological polar surface area (TPSA) is 115 Å². The number of nitro groups is 2. The fourth-order valence-corrected chi connectivity index (χ4v) is 3.19. The molecule has 3 aromatic rings. The maximum absolute atomic E-state index is 12.9. The predicted molar refractivity (Wildman–Crippen MR) is 85.0 cm³/mol. The van der Waals surface area contributed by atoms with Crippen LogP contribution in [-0.4, -0.2) is 19.8 Å². The Kier molecular flexibility index (Phi) is 4.28. The summed E-state index contributed by atoms with van der Waals surface area (Å²) in [5.41, 5.74) is -2.42. The Morgan fingerprint density at radius 1 is 1.04 bits per heavy atom. The first-order valence-corrected chi connectivity index (χ1v) is 7.65. The van der Waals surface area contributed by atoms with Crippen molar-refractivity contribution in [2.45, 2.75) is 16.2 Å². The Balaban J connectivity index is 2.17. The molecule has 26 heavy (non-hydrogen) atoms. The van der Waals surface area contributed by atoms with Crippen LogP contribution in [0.2, 0.25) is 0 Å². The van der Waals surface area contributed by atoms with E-state index in [9.17, 15) is 33.4 Å². The summed E-state index contributed by atoms with van der Waals surface area (Å²) in [5.74, 6) is 0. The van der Waals surface area contributed by atoms with Gasteiger partial charge in [-0.15, -0.1) is 0 Å². The van der Waals surface area contributed by atoms with Crippen molar-refractivity contribution < 1.29 is 23.0 Å². The van der Waals surface area contributed by atoms with E-state index in [0.29, 0.717) is 22.8 Å². The van der Waals surface area contributed by atoms with Crippen LogP contribution in [0.3, 0.4) is 0 Å². The lowest BCUT2D eigenvalue weighted by Gasteiger charge is -2.09. The van der Waals surface area contributed by atoms with Gasteiger partial charge >= 0.3 is 6.18 Å². The van der Waals surface area contributed by atoms with Crippen LogP contribution in [0.1, 0.15) is 5.56 Å². The molecule has 1 aromatic heterocycles. The zero-order valence-electron chi connectivity index (χ0n) is 12.5. The van der Waals surface area contributed by atoms with Crippen molar-refractivity contribution in [2.75, 3.05) is 0 Å². The fourth-order valence-electron chi connectivity index (χ4n) is 2.21. The number of aromatic nitrogens is 2. The molecule has 0 bridgehead atoms. The largest absolute Gasteiger partial charge is 0.416 e. The number of H-pyrrole nitrogens is 1. The molecule has 0 aliphatic carbocycles. The van der Waals surface area contributed by atoms with E-state index in [1.165, 1.54) is 0 Å². The molecule has 8 nitrogen and oxygen atoms in total. The van der Waals surface area contributed by atoms with E-state index >= 15 is 0 Å². The predicted octanol–water partition coefficient (Wildman–Crippen LogP) is 4.55. The van der Waals surface area contributed by atoms with Crippen LogP contribution in [-0.2, 0) is 6.18 Å². The molecule has 0 unspecified atom stereocenters. The maximum Gasteiger partial charge on any atom is 0.416 e. The zero-order valence-corrected chi connectivity index (χ0v) is 13.3.